The summed E-state index contributed by atoms with van der Waals surface area (Å²) in [6, 6.07) is 12.0. The summed E-state index contributed by atoms with van der Waals surface area (Å²) in [7, 11) is 3.01. The average molecular weight is 468 g/mol. The zero-order chi connectivity index (χ0) is 23.3. The van der Waals surface area contributed by atoms with Gasteiger partial charge >= 0.3 is 0 Å². The van der Waals surface area contributed by atoms with Gasteiger partial charge in [-0.3, -0.25) is 19.7 Å². The van der Waals surface area contributed by atoms with Crippen molar-refractivity contribution in [3.63, 3.8) is 0 Å². The van der Waals surface area contributed by atoms with Gasteiger partial charge in [0.15, 0.2) is 0 Å². The Kier molecular flexibility index (Phi) is 5.33. The number of carbonyl (C=O) groups is 3. The molecule has 0 unspecified atom stereocenters. The van der Waals surface area contributed by atoms with Crippen molar-refractivity contribution >= 4 is 40.9 Å². The molecule has 5 rings (SSSR count). The Balaban J connectivity index is 1.66. The molecule has 0 bridgehead atoms. The molecule has 3 aliphatic heterocycles. The number of thioether (sulfide) groups is 1. The van der Waals surface area contributed by atoms with Crippen molar-refractivity contribution in [2.45, 2.75) is 18.0 Å². The Morgan fingerprint density at radius 3 is 2.58 bits per heavy atom. The lowest BCUT2D eigenvalue weighted by atomic mass is 9.76. The summed E-state index contributed by atoms with van der Waals surface area (Å²) in [5.74, 6) is -0.897. The summed E-state index contributed by atoms with van der Waals surface area (Å²) < 4.78 is 10.8. The summed E-state index contributed by atoms with van der Waals surface area (Å²) in [5, 5.41) is 6.36. The first-order valence-electron chi connectivity index (χ1n) is 10.7. The molecule has 8 nitrogen and oxygen atoms in total. The van der Waals surface area contributed by atoms with Crippen molar-refractivity contribution in [3.8, 4) is 11.5 Å². The number of imide groups is 1. The number of benzene rings is 2. The minimum atomic E-state index is -1.29. The highest BCUT2D eigenvalue weighted by atomic mass is 32.2. The van der Waals surface area contributed by atoms with E-state index < -0.39 is 23.3 Å². The molecule has 2 N–H and O–H groups in total. The molecule has 2 aromatic carbocycles. The SMILES string of the molecule is COc1ccc(OC)c(N2C(=O)[C@H]3[C@H](CCSC)N[C@]4(C(=O)Nc5ccccc54)[C@@H]3C2=O)c1. The van der Waals surface area contributed by atoms with Crippen molar-refractivity contribution in [2.24, 2.45) is 11.8 Å². The second-order valence-corrected chi connectivity index (χ2v) is 9.38. The molecule has 9 heteroatoms. The van der Waals surface area contributed by atoms with Crippen LogP contribution in [0.2, 0.25) is 0 Å². The molecule has 172 valence electrons. The van der Waals surface area contributed by atoms with Crippen LogP contribution in [0.1, 0.15) is 12.0 Å². The number of para-hydroxylation sites is 1. The van der Waals surface area contributed by atoms with Crippen LogP contribution in [-0.4, -0.2) is 50.0 Å². The van der Waals surface area contributed by atoms with Gasteiger partial charge in [-0.05, 0) is 36.6 Å². The van der Waals surface area contributed by atoms with Gasteiger partial charge in [0, 0.05) is 23.4 Å². The molecular formula is C24H25N3O5S. The first-order chi connectivity index (χ1) is 16.0. The molecule has 4 atom stereocenters. The molecule has 2 fully saturated rings. The maximum atomic E-state index is 14.0. The topological polar surface area (TPSA) is 97.0 Å². The minimum absolute atomic E-state index is 0.300. The molecule has 2 aromatic rings. The molecule has 3 amide bonds. The summed E-state index contributed by atoms with van der Waals surface area (Å²) in [5.41, 5.74) is 0.402. The van der Waals surface area contributed by atoms with E-state index >= 15 is 0 Å². The lowest BCUT2D eigenvalue weighted by Gasteiger charge is -2.29. The van der Waals surface area contributed by atoms with Gasteiger partial charge in [0.1, 0.15) is 17.0 Å². The van der Waals surface area contributed by atoms with E-state index in [2.05, 4.69) is 10.6 Å². The summed E-state index contributed by atoms with van der Waals surface area (Å²) in [4.78, 5) is 42.4. The number of hydrogen-bond acceptors (Lipinski definition) is 7. The fourth-order valence-electron chi connectivity index (χ4n) is 5.46. The van der Waals surface area contributed by atoms with Crippen LogP contribution in [0.25, 0.3) is 0 Å². The Labute approximate surface area is 196 Å². The normalized spacial score (nSPS) is 27.7. The zero-order valence-corrected chi connectivity index (χ0v) is 19.4. The number of amides is 3. The largest absolute Gasteiger partial charge is 0.497 e. The Hall–Kier alpha value is -3.04. The predicted molar refractivity (Wildman–Crippen MR) is 126 cm³/mol. The molecular weight excluding hydrogens is 442 g/mol. The molecule has 1 spiro atoms. The molecule has 0 aromatic heterocycles. The van der Waals surface area contributed by atoms with Crippen molar-refractivity contribution in [1.82, 2.24) is 5.32 Å². The van der Waals surface area contributed by atoms with Gasteiger partial charge in [0.05, 0.1) is 31.7 Å². The lowest BCUT2D eigenvalue weighted by Crippen LogP contribution is -2.53. The first kappa shape index (κ1) is 21.8. The van der Waals surface area contributed by atoms with Crippen molar-refractivity contribution in [3.05, 3.63) is 48.0 Å². The van der Waals surface area contributed by atoms with Gasteiger partial charge in [-0.1, -0.05) is 18.2 Å². The summed E-state index contributed by atoms with van der Waals surface area (Å²) in [6.45, 7) is 0. The maximum absolute atomic E-state index is 14.0. The Morgan fingerprint density at radius 1 is 1.06 bits per heavy atom. The van der Waals surface area contributed by atoms with E-state index in [0.29, 0.717) is 34.9 Å². The number of nitrogens with one attached hydrogen (secondary N) is 2. The Morgan fingerprint density at radius 2 is 1.85 bits per heavy atom. The standard InChI is InChI=1S/C24H25N3O5S/c1-31-13-8-9-18(32-2)17(12-13)27-21(28)19-16(10-11-33-3)26-24(20(19)22(27)29)14-6-4-5-7-15(14)25-23(24)30/h4-9,12,16,19-20,26H,10-11H2,1-3H3,(H,25,30)/t16-,19-,20-,24-/m0/s1. The summed E-state index contributed by atoms with van der Waals surface area (Å²) in [6.07, 6.45) is 2.65. The number of nitrogens with zero attached hydrogens (tertiary/aromatic N) is 1. The minimum Gasteiger partial charge on any atom is -0.497 e. The third kappa shape index (κ3) is 2.99. The third-order valence-corrected chi connectivity index (χ3v) is 7.53. The van der Waals surface area contributed by atoms with E-state index in [1.807, 2.05) is 30.5 Å². The van der Waals surface area contributed by atoms with Crippen LogP contribution in [0, 0.1) is 11.8 Å². The van der Waals surface area contributed by atoms with Crippen LogP contribution in [0.5, 0.6) is 11.5 Å². The van der Waals surface area contributed by atoms with E-state index in [0.717, 1.165) is 5.75 Å². The molecule has 2 saturated heterocycles. The van der Waals surface area contributed by atoms with Gasteiger partial charge in [-0.15, -0.1) is 0 Å². The highest BCUT2D eigenvalue weighted by Gasteiger charge is 2.70. The van der Waals surface area contributed by atoms with Gasteiger partial charge < -0.3 is 14.8 Å². The van der Waals surface area contributed by atoms with Crippen molar-refractivity contribution in [2.75, 3.05) is 36.4 Å². The number of carbonyl (C=O) groups excluding carboxylic acids is 3. The van der Waals surface area contributed by atoms with Crippen LogP contribution in [0.3, 0.4) is 0 Å². The average Bonchev–Trinajstić information content (AvgIpc) is 3.41. The quantitative estimate of drug-likeness (QED) is 0.630. The number of rotatable bonds is 6. The highest BCUT2D eigenvalue weighted by Crippen LogP contribution is 2.54. The number of hydrogen-bond donors (Lipinski definition) is 2. The van der Waals surface area contributed by atoms with E-state index in [1.54, 1.807) is 30.0 Å². The van der Waals surface area contributed by atoms with Crippen LogP contribution in [0.15, 0.2) is 42.5 Å². The van der Waals surface area contributed by atoms with Crippen LogP contribution in [-0.2, 0) is 19.9 Å². The first-order valence-corrected chi connectivity index (χ1v) is 12.1. The second-order valence-electron chi connectivity index (χ2n) is 8.39. The molecule has 0 aliphatic carbocycles. The van der Waals surface area contributed by atoms with E-state index in [-0.39, 0.29) is 17.9 Å². The number of ether oxygens (including phenoxy) is 2. The fourth-order valence-corrected chi connectivity index (χ4v) is 5.95. The summed E-state index contributed by atoms with van der Waals surface area (Å²) >= 11 is 1.66. The van der Waals surface area contributed by atoms with Gasteiger partial charge in [-0.2, -0.15) is 11.8 Å². The lowest BCUT2D eigenvalue weighted by molar-refractivity contribution is -0.130. The molecule has 3 heterocycles. The number of fused-ring (bicyclic) bond motifs is 4. The van der Waals surface area contributed by atoms with E-state index in [1.165, 1.54) is 19.1 Å². The zero-order valence-electron chi connectivity index (χ0n) is 18.6. The van der Waals surface area contributed by atoms with Crippen LogP contribution >= 0.6 is 11.8 Å². The number of methoxy groups -OCH3 is 2. The van der Waals surface area contributed by atoms with E-state index in [4.69, 9.17) is 9.47 Å². The van der Waals surface area contributed by atoms with Gasteiger partial charge in [0.25, 0.3) is 0 Å². The molecule has 33 heavy (non-hydrogen) atoms. The van der Waals surface area contributed by atoms with E-state index in [9.17, 15) is 14.4 Å². The van der Waals surface area contributed by atoms with Gasteiger partial charge in [0.2, 0.25) is 17.7 Å². The van der Waals surface area contributed by atoms with Crippen molar-refractivity contribution < 1.29 is 23.9 Å². The Bertz CT molecular complexity index is 1150. The molecule has 0 saturated carbocycles. The fraction of sp³-hybridized carbons (Fsp3) is 0.375. The van der Waals surface area contributed by atoms with Crippen LogP contribution < -0.4 is 25.0 Å². The smallest absolute Gasteiger partial charge is 0.250 e. The highest BCUT2D eigenvalue weighted by molar-refractivity contribution is 7.98. The number of anilines is 2. The van der Waals surface area contributed by atoms with Gasteiger partial charge in [-0.25, -0.2) is 4.90 Å². The van der Waals surface area contributed by atoms with Crippen molar-refractivity contribution in [1.29, 1.82) is 0 Å². The maximum Gasteiger partial charge on any atom is 0.250 e. The monoisotopic (exact) mass is 467 g/mol. The molecule has 0 radical (unpaired) electrons. The van der Waals surface area contributed by atoms with Crippen LogP contribution in [0.4, 0.5) is 11.4 Å². The predicted octanol–water partition coefficient (Wildman–Crippen LogP) is 2.38. The third-order valence-electron chi connectivity index (χ3n) is 6.88. The molecule has 3 aliphatic rings. The second kappa shape index (κ2) is 8.07.